The Morgan fingerprint density at radius 3 is 2.00 bits per heavy atom. The standard InChI is InChI=1S/C24H19F2N3O4/c1-33-20-12-10-18(11-13-20)28-21(14-22(30)27-17-6-2-15(25)3-7-17)23(31)29(24(28)32)19-8-4-16(26)5-9-19/h2-13,21H,14H2,1H3,(H,27,30). The largest absolute Gasteiger partial charge is 0.497 e. The van der Waals surface area contributed by atoms with Crippen LogP contribution in [0.15, 0.2) is 72.8 Å². The third kappa shape index (κ3) is 4.52. The number of urea groups is 1. The summed E-state index contributed by atoms with van der Waals surface area (Å²) < 4.78 is 31.6. The van der Waals surface area contributed by atoms with E-state index in [2.05, 4.69) is 5.32 Å². The van der Waals surface area contributed by atoms with Crippen molar-refractivity contribution >= 4 is 34.9 Å². The average Bonchev–Trinajstić information content (AvgIpc) is 3.05. The number of hydrogen-bond acceptors (Lipinski definition) is 4. The molecule has 9 heteroatoms. The lowest BCUT2D eigenvalue weighted by Crippen LogP contribution is -2.38. The Kier molecular flexibility index (Phi) is 6.03. The molecule has 33 heavy (non-hydrogen) atoms. The van der Waals surface area contributed by atoms with Gasteiger partial charge in [0.2, 0.25) is 5.91 Å². The molecule has 1 aliphatic heterocycles. The molecule has 4 amide bonds. The first-order valence-electron chi connectivity index (χ1n) is 9.99. The number of methoxy groups -OCH3 is 1. The monoisotopic (exact) mass is 451 g/mol. The molecule has 1 fully saturated rings. The maximum Gasteiger partial charge on any atom is 0.336 e. The predicted octanol–water partition coefficient (Wildman–Crippen LogP) is 4.34. The molecule has 1 heterocycles. The van der Waals surface area contributed by atoms with Gasteiger partial charge in [-0.05, 0) is 72.8 Å². The number of nitrogens with one attached hydrogen (secondary N) is 1. The Hall–Kier alpha value is -4.27. The molecule has 0 bridgehead atoms. The van der Waals surface area contributed by atoms with Gasteiger partial charge < -0.3 is 10.1 Å². The molecule has 7 nitrogen and oxygen atoms in total. The predicted molar refractivity (Wildman–Crippen MR) is 118 cm³/mol. The third-order valence-corrected chi connectivity index (χ3v) is 5.16. The maximum atomic E-state index is 13.4. The number of carbonyl (C=O) groups is 3. The highest BCUT2D eigenvalue weighted by Crippen LogP contribution is 2.32. The van der Waals surface area contributed by atoms with E-state index in [-0.39, 0.29) is 12.1 Å². The summed E-state index contributed by atoms with van der Waals surface area (Å²) in [5.74, 6) is -1.58. The Bertz CT molecular complexity index is 1180. The van der Waals surface area contributed by atoms with E-state index < -0.39 is 35.5 Å². The average molecular weight is 451 g/mol. The summed E-state index contributed by atoms with van der Waals surface area (Å²) in [6.45, 7) is 0. The molecule has 1 atom stereocenters. The molecule has 3 aromatic carbocycles. The molecule has 0 aromatic heterocycles. The molecular formula is C24H19F2N3O4. The van der Waals surface area contributed by atoms with E-state index >= 15 is 0 Å². The van der Waals surface area contributed by atoms with Crippen LogP contribution in [-0.2, 0) is 9.59 Å². The highest BCUT2D eigenvalue weighted by atomic mass is 19.1. The summed E-state index contributed by atoms with van der Waals surface area (Å²) in [7, 11) is 1.50. The van der Waals surface area contributed by atoms with Gasteiger partial charge >= 0.3 is 6.03 Å². The van der Waals surface area contributed by atoms with Crippen molar-refractivity contribution in [1.82, 2.24) is 0 Å². The molecule has 1 unspecified atom stereocenters. The Morgan fingerprint density at radius 1 is 0.879 bits per heavy atom. The number of carbonyl (C=O) groups excluding carboxylic acids is 3. The van der Waals surface area contributed by atoms with Crippen molar-refractivity contribution in [2.45, 2.75) is 12.5 Å². The highest BCUT2D eigenvalue weighted by Gasteiger charge is 2.47. The van der Waals surface area contributed by atoms with Crippen molar-refractivity contribution in [2.24, 2.45) is 0 Å². The second-order valence-corrected chi connectivity index (χ2v) is 7.28. The number of halogens is 2. The van der Waals surface area contributed by atoms with Crippen molar-refractivity contribution in [3.05, 3.63) is 84.4 Å². The summed E-state index contributed by atoms with van der Waals surface area (Å²) in [4.78, 5) is 41.4. The fraction of sp³-hybridized carbons (Fsp3) is 0.125. The zero-order chi connectivity index (χ0) is 23.5. The third-order valence-electron chi connectivity index (χ3n) is 5.16. The molecule has 3 aromatic rings. The van der Waals surface area contributed by atoms with Gasteiger partial charge in [-0.15, -0.1) is 0 Å². The zero-order valence-electron chi connectivity index (χ0n) is 17.5. The van der Waals surface area contributed by atoms with Crippen LogP contribution in [0, 0.1) is 11.6 Å². The molecule has 0 radical (unpaired) electrons. The second kappa shape index (κ2) is 9.07. The van der Waals surface area contributed by atoms with Gasteiger partial charge in [0.15, 0.2) is 0 Å². The first-order chi connectivity index (χ1) is 15.9. The second-order valence-electron chi connectivity index (χ2n) is 7.28. The molecule has 1 saturated heterocycles. The fourth-order valence-corrected chi connectivity index (χ4v) is 3.56. The topological polar surface area (TPSA) is 79.0 Å². The van der Waals surface area contributed by atoms with Crippen LogP contribution in [0.4, 0.5) is 30.6 Å². The number of nitrogens with zero attached hydrogens (tertiary/aromatic N) is 2. The quantitative estimate of drug-likeness (QED) is 0.566. The van der Waals surface area contributed by atoms with Crippen LogP contribution in [0.1, 0.15) is 6.42 Å². The number of hydrogen-bond donors (Lipinski definition) is 1. The van der Waals surface area contributed by atoms with Gasteiger partial charge in [-0.3, -0.25) is 14.5 Å². The summed E-state index contributed by atoms with van der Waals surface area (Å²) >= 11 is 0. The van der Waals surface area contributed by atoms with Gasteiger partial charge in [0.25, 0.3) is 5.91 Å². The van der Waals surface area contributed by atoms with E-state index in [1.165, 1.54) is 48.4 Å². The van der Waals surface area contributed by atoms with Gasteiger partial charge in [-0.1, -0.05) is 0 Å². The van der Waals surface area contributed by atoms with Crippen LogP contribution in [0.5, 0.6) is 5.75 Å². The lowest BCUT2D eigenvalue weighted by Gasteiger charge is -2.22. The zero-order valence-corrected chi connectivity index (χ0v) is 17.5. The number of rotatable bonds is 6. The molecule has 0 aliphatic carbocycles. The minimum absolute atomic E-state index is 0.186. The molecule has 1 aliphatic rings. The van der Waals surface area contributed by atoms with Crippen LogP contribution in [0.2, 0.25) is 0 Å². The van der Waals surface area contributed by atoms with E-state index in [1.54, 1.807) is 24.3 Å². The molecule has 1 N–H and O–H groups in total. The summed E-state index contributed by atoms with van der Waals surface area (Å²) in [5.41, 5.74) is 0.925. The molecular weight excluding hydrogens is 432 g/mol. The lowest BCUT2D eigenvalue weighted by molar-refractivity contribution is -0.122. The first kappa shape index (κ1) is 21.9. The van der Waals surface area contributed by atoms with Gasteiger partial charge in [0.1, 0.15) is 23.4 Å². The number of amides is 4. The number of ether oxygens (including phenoxy) is 1. The van der Waals surface area contributed by atoms with Crippen molar-refractivity contribution in [3.8, 4) is 5.75 Å². The lowest BCUT2D eigenvalue weighted by atomic mass is 10.1. The van der Waals surface area contributed by atoms with E-state index in [1.807, 2.05) is 0 Å². The van der Waals surface area contributed by atoms with E-state index in [0.717, 1.165) is 17.0 Å². The first-order valence-corrected chi connectivity index (χ1v) is 9.99. The van der Waals surface area contributed by atoms with Crippen LogP contribution >= 0.6 is 0 Å². The highest BCUT2D eigenvalue weighted by molar-refractivity contribution is 6.29. The van der Waals surface area contributed by atoms with Crippen molar-refractivity contribution in [3.63, 3.8) is 0 Å². The number of benzene rings is 3. The van der Waals surface area contributed by atoms with Gasteiger partial charge in [0.05, 0.1) is 19.2 Å². The Labute approximate surface area is 188 Å². The van der Waals surface area contributed by atoms with Crippen LogP contribution in [-0.4, -0.2) is 31.0 Å². The van der Waals surface area contributed by atoms with Crippen molar-refractivity contribution in [1.29, 1.82) is 0 Å². The van der Waals surface area contributed by atoms with Gasteiger partial charge in [0, 0.05) is 11.4 Å². The van der Waals surface area contributed by atoms with E-state index in [4.69, 9.17) is 4.74 Å². The summed E-state index contributed by atoms with van der Waals surface area (Å²) in [6, 6.07) is 14.7. The molecule has 0 spiro atoms. The summed E-state index contributed by atoms with van der Waals surface area (Å²) in [5, 5.41) is 2.60. The molecule has 0 saturated carbocycles. The van der Waals surface area contributed by atoms with Crippen molar-refractivity contribution in [2.75, 3.05) is 22.2 Å². The van der Waals surface area contributed by atoms with Crippen LogP contribution in [0.3, 0.4) is 0 Å². The number of imide groups is 1. The molecule has 4 rings (SSSR count). The Balaban J connectivity index is 1.64. The fourth-order valence-electron chi connectivity index (χ4n) is 3.56. The van der Waals surface area contributed by atoms with E-state index in [0.29, 0.717) is 17.1 Å². The van der Waals surface area contributed by atoms with Crippen molar-refractivity contribution < 1.29 is 27.9 Å². The van der Waals surface area contributed by atoms with Gasteiger partial charge in [-0.2, -0.15) is 0 Å². The van der Waals surface area contributed by atoms with E-state index in [9.17, 15) is 23.2 Å². The van der Waals surface area contributed by atoms with Crippen LogP contribution in [0.25, 0.3) is 0 Å². The number of anilines is 3. The molecule has 168 valence electrons. The minimum atomic E-state index is -1.14. The SMILES string of the molecule is COc1ccc(N2C(=O)N(c3ccc(F)cc3)C(=O)C2CC(=O)Nc2ccc(F)cc2)cc1. The maximum absolute atomic E-state index is 13.4. The minimum Gasteiger partial charge on any atom is -0.497 e. The van der Waals surface area contributed by atoms with Crippen LogP contribution < -0.4 is 19.9 Å². The normalized spacial score (nSPS) is 15.7. The smallest absolute Gasteiger partial charge is 0.336 e. The Morgan fingerprint density at radius 2 is 1.42 bits per heavy atom. The summed E-state index contributed by atoms with van der Waals surface area (Å²) in [6.07, 6.45) is -0.342. The van der Waals surface area contributed by atoms with Gasteiger partial charge in [-0.25, -0.2) is 18.5 Å².